The van der Waals surface area contributed by atoms with Crippen LogP contribution in [0, 0.1) is 12.8 Å². The monoisotopic (exact) mass is 447 g/mol. The van der Waals surface area contributed by atoms with Gasteiger partial charge >= 0.3 is 5.97 Å². The number of aliphatic carboxylic acids is 1. The Kier molecular flexibility index (Phi) is 6.63. The van der Waals surface area contributed by atoms with Gasteiger partial charge in [-0.2, -0.15) is 0 Å². The molecule has 1 aromatic heterocycles. The topological polar surface area (TPSA) is 89.6 Å². The molecule has 4 rings (SSSR count). The first-order valence-electron chi connectivity index (χ1n) is 11.4. The van der Waals surface area contributed by atoms with Crippen molar-refractivity contribution in [3.63, 3.8) is 0 Å². The fraction of sp³-hybridized carbons (Fsp3) is 0.370. The van der Waals surface area contributed by atoms with E-state index in [0.717, 1.165) is 41.0 Å². The van der Waals surface area contributed by atoms with Crippen LogP contribution in [0.2, 0.25) is 0 Å². The third kappa shape index (κ3) is 4.70. The summed E-state index contributed by atoms with van der Waals surface area (Å²) in [5, 5.41) is 9.61. The molecule has 0 aliphatic heterocycles. The van der Waals surface area contributed by atoms with E-state index in [4.69, 9.17) is 9.15 Å². The van der Waals surface area contributed by atoms with Crippen molar-refractivity contribution in [2.24, 2.45) is 5.92 Å². The third-order valence-corrected chi connectivity index (χ3v) is 6.50. The average molecular weight is 448 g/mol. The molecule has 1 N–H and O–H groups in total. The quantitative estimate of drug-likeness (QED) is 0.429. The summed E-state index contributed by atoms with van der Waals surface area (Å²) in [6.45, 7) is 5.66. The fourth-order valence-electron chi connectivity index (χ4n) is 4.73. The smallest absolute Gasteiger partial charge is 0.307 e. The summed E-state index contributed by atoms with van der Waals surface area (Å²) in [5.41, 5.74) is 4.30. The maximum atomic E-state index is 12.4. The second-order valence-corrected chi connectivity index (χ2v) is 8.59. The number of benzene rings is 2. The van der Waals surface area contributed by atoms with Crippen molar-refractivity contribution in [1.29, 1.82) is 0 Å². The average Bonchev–Trinajstić information content (AvgIpc) is 3.37. The predicted octanol–water partition coefficient (Wildman–Crippen LogP) is 5.61. The Morgan fingerprint density at radius 3 is 2.67 bits per heavy atom. The summed E-state index contributed by atoms with van der Waals surface area (Å²) in [4.78, 5) is 28.7. The highest BCUT2D eigenvalue weighted by molar-refractivity contribution is 5.97. The lowest BCUT2D eigenvalue weighted by Crippen LogP contribution is -2.20. The van der Waals surface area contributed by atoms with E-state index in [1.54, 1.807) is 0 Å². The van der Waals surface area contributed by atoms with Crippen LogP contribution in [-0.4, -0.2) is 28.4 Å². The van der Waals surface area contributed by atoms with Gasteiger partial charge in [0.25, 0.3) is 0 Å². The molecule has 0 amide bonds. The van der Waals surface area contributed by atoms with Gasteiger partial charge in [-0.3, -0.25) is 9.59 Å². The molecule has 6 nitrogen and oxygen atoms in total. The van der Waals surface area contributed by atoms with E-state index < -0.39 is 11.9 Å². The zero-order chi connectivity index (χ0) is 23.5. The van der Waals surface area contributed by atoms with E-state index in [2.05, 4.69) is 4.98 Å². The van der Waals surface area contributed by atoms with Crippen molar-refractivity contribution in [2.45, 2.75) is 52.4 Å². The molecule has 3 aromatic rings. The molecule has 2 unspecified atom stereocenters. The van der Waals surface area contributed by atoms with Crippen molar-refractivity contribution in [3.8, 4) is 17.2 Å². The molecule has 1 heterocycles. The van der Waals surface area contributed by atoms with E-state index in [9.17, 15) is 14.7 Å². The van der Waals surface area contributed by atoms with Crippen LogP contribution in [0.5, 0.6) is 5.75 Å². The highest BCUT2D eigenvalue weighted by Gasteiger charge is 2.34. The molecule has 0 spiro atoms. The molecule has 0 fully saturated rings. The summed E-state index contributed by atoms with van der Waals surface area (Å²) in [6.07, 6.45) is 2.69. The molecular formula is C27H29NO5. The summed E-state index contributed by atoms with van der Waals surface area (Å²) in [6, 6.07) is 13.5. The lowest BCUT2D eigenvalue weighted by atomic mass is 9.84. The third-order valence-electron chi connectivity index (χ3n) is 6.50. The molecule has 1 aliphatic carbocycles. The molecule has 0 radical (unpaired) electrons. The van der Waals surface area contributed by atoms with Gasteiger partial charge in [-0.05, 0) is 74.4 Å². The highest BCUT2D eigenvalue weighted by atomic mass is 16.5. The van der Waals surface area contributed by atoms with Gasteiger partial charge in [-0.15, -0.1) is 0 Å². The number of nitrogens with zero attached hydrogens (tertiary/aromatic N) is 1. The number of carboxylic acid groups (broad SMARTS) is 1. The number of ketones is 1. The number of Topliss-reactive ketones (excluding diaryl/α,β-unsaturated/α-hetero) is 1. The summed E-state index contributed by atoms with van der Waals surface area (Å²) in [5.74, 6) is 0.509. The number of aromatic nitrogens is 1. The van der Waals surface area contributed by atoms with Crippen LogP contribution >= 0.6 is 0 Å². The van der Waals surface area contributed by atoms with Crippen molar-refractivity contribution < 1.29 is 23.8 Å². The lowest BCUT2D eigenvalue weighted by molar-refractivity contribution is -0.142. The number of aryl methyl sites for hydroxylation is 2. The molecule has 33 heavy (non-hydrogen) atoms. The van der Waals surface area contributed by atoms with Gasteiger partial charge in [0.1, 0.15) is 11.5 Å². The van der Waals surface area contributed by atoms with E-state index in [-0.39, 0.29) is 11.7 Å². The minimum atomic E-state index is -0.780. The van der Waals surface area contributed by atoms with Crippen molar-refractivity contribution >= 4 is 11.8 Å². The predicted molar refractivity (Wildman–Crippen MR) is 125 cm³/mol. The number of carbonyl (C=O) groups excluding carboxylic acids is 1. The summed E-state index contributed by atoms with van der Waals surface area (Å²) in [7, 11) is 0. The van der Waals surface area contributed by atoms with E-state index in [1.165, 1.54) is 6.92 Å². The molecular weight excluding hydrogens is 418 g/mol. The molecule has 1 aliphatic rings. The van der Waals surface area contributed by atoms with Gasteiger partial charge in [0.2, 0.25) is 5.89 Å². The van der Waals surface area contributed by atoms with Crippen LogP contribution in [-0.2, 0) is 17.6 Å². The van der Waals surface area contributed by atoms with Crippen LogP contribution in [0.1, 0.15) is 65.5 Å². The van der Waals surface area contributed by atoms with Gasteiger partial charge in [-0.25, -0.2) is 4.98 Å². The zero-order valence-electron chi connectivity index (χ0n) is 19.3. The Morgan fingerprint density at radius 2 is 2.00 bits per heavy atom. The van der Waals surface area contributed by atoms with Gasteiger partial charge in [0.05, 0.1) is 23.8 Å². The minimum Gasteiger partial charge on any atom is -0.492 e. The molecule has 172 valence electrons. The molecule has 2 aromatic carbocycles. The van der Waals surface area contributed by atoms with Crippen LogP contribution in [0.3, 0.4) is 0 Å². The van der Waals surface area contributed by atoms with Gasteiger partial charge in [-0.1, -0.05) is 25.1 Å². The Labute approximate surface area is 193 Å². The number of rotatable bonds is 9. The number of carboxylic acids is 1. The first kappa shape index (κ1) is 22.8. The number of fused-ring (bicyclic) bond motifs is 1. The molecule has 0 saturated carbocycles. The van der Waals surface area contributed by atoms with E-state index in [1.807, 2.05) is 56.3 Å². The second-order valence-electron chi connectivity index (χ2n) is 8.59. The number of hydrogen-bond acceptors (Lipinski definition) is 5. The maximum Gasteiger partial charge on any atom is 0.307 e. The van der Waals surface area contributed by atoms with Crippen LogP contribution in [0.25, 0.3) is 11.5 Å². The van der Waals surface area contributed by atoms with Crippen LogP contribution in [0.4, 0.5) is 0 Å². The Balaban J connectivity index is 1.51. The Morgan fingerprint density at radius 1 is 1.24 bits per heavy atom. The number of carbonyl (C=O) groups is 2. The maximum absolute atomic E-state index is 12.4. The highest BCUT2D eigenvalue weighted by Crippen LogP contribution is 2.42. The summed E-state index contributed by atoms with van der Waals surface area (Å²) < 4.78 is 11.9. The molecule has 0 bridgehead atoms. The Hall–Kier alpha value is -3.41. The van der Waals surface area contributed by atoms with Crippen molar-refractivity contribution in [2.75, 3.05) is 6.61 Å². The van der Waals surface area contributed by atoms with E-state index >= 15 is 0 Å². The SMILES string of the molecule is CCC(C(=O)O)C1CCc2cc(OCCc3nc(-c4ccccc4)oc3C)c(C(C)=O)cc21. The molecule has 6 heteroatoms. The molecule has 0 saturated heterocycles. The Bertz CT molecular complexity index is 1160. The molecule has 2 atom stereocenters. The van der Waals surface area contributed by atoms with Crippen LogP contribution in [0.15, 0.2) is 46.9 Å². The first-order chi connectivity index (χ1) is 15.9. The summed E-state index contributed by atoms with van der Waals surface area (Å²) >= 11 is 0. The van der Waals surface area contributed by atoms with Gasteiger partial charge in [0.15, 0.2) is 5.78 Å². The van der Waals surface area contributed by atoms with E-state index in [0.29, 0.717) is 36.7 Å². The van der Waals surface area contributed by atoms with Crippen molar-refractivity contribution in [1.82, 2.24) is 4.98 Å². The normalized spacial score (nSPS) is 15.8. The standard InChI is InChI=1S/C27H29NO5/c1-4-20(27(30)31)21-11-10-19-14-25(22(16(2)29)15-23(19)21)32-13-12-24-17(3)33-26(28-24)18-8-6-5-7-9-18/h5-9,14-15,20-21H,4,10-13H2,1-3H3,(H,30,31). The first-order valence-corrected chi connectivity index (χ1v) is 11.4. The largest absolute Gasteiger partial charge is 0.492 e. The van der Waals surface area contributed by atoms with Gasteiger partial charge in [0, 0.05) is 12.0 Å². The zero-order valence-corrected chi connectivity index (χ0v) is 19.3. The number of hydrogen-bond donors (Lipinski definition) is 1. The van der Waals surface area contributed by atoms with Crippen LogP contribution < -0.4 is 4.74 Å². The number of oxazole rings is 1. The van der Waals surface area contributed by atoms with Gasteiger partial charge < -0.3 is 14.3 Å². The number of ether oxygens (including phenoxy) is 1. The van der Waals surface area contributed by atoms with Crippen molar-refractivity contribution in [3.05, 3.63) is 70.6 Å². The lowest BCUT2D eigenvalue weighted by Gasteiger charge is -2.20. The fourth-order valence-corrected chi connectivity index (χ4v) is 4.73. The second kappa shape index (κ2) is 9.61. The minimum absolute atomic E-state index is 0.0659.